The summed E-state index contributed by atoms with van der Waals surface area (Å²) in [6, 6.07) is 16.8. The van der Waals surface area contributed by atoms with Crippen LogP contribution in [0.25, 0.3) is 11.6 Å². The van der Waals surface area contributed by atoms with Crippen molar-refractivity contribution < 1.29 is 19.2 Å². The van der Waals surface area contributed by atoms with Gasteiger partial charge < -0.3 is 20.1 Å². The van der Waals surface area contributed by atoms with Crippen molar-refractivity contribution in [2.75, 3.05) is 25.5 Å². The maximum atomic E-state index is 13.9. The van der Waals surface area contributed by atoms with E-state index in [1.165, 1.54) is 18.2 Å². The van der Waals surface area contributed by atoms with Gasteiger partial charge in [0.2, 0.25) is 0 Å². The molecule has 3 aromatic carbocycles. The molecule has 2 aliphatic heterocycles. The highest BCUT2D eigenvalue weighted by atomic mass is 19.1. The number of halogens is 1. The highest BCUT2D eigenvalue weighted by Gasteiger charge is 2.30. The Labute approximate surface area is 196 Å². The second-order valence-electron chi connectivity index (χ2n) is 8.72. The van der Waals surface area contributed by atoms with E-state index in [-0.39, 0.29) is 11.7 Å². The summed E-state index contributed by atoms with van der Waals surface area (Å²) in [6.45, 7) is 1.40. The van der Waals surface area contributed by atoms with Crippen LogP contribution in [0.4, 0.5) is 15.8 Å². The molecule has 2 atom stereocenters. The molecule has 7 nitrogen and oxygen atoms in total. The van der Waals surface area contributed by atoms with Crippen LogP contribution in [0.1, 0.15) is 22.3 Å². The molecular formula is C26H24FN3O4. The summed E-state index contributed by atoms with van der Waals surface area (Å²) in [6.07, 6.45) is 1.25. The monoisotopic (exact) mass is 461 g/mol. The maximum absolute atomic E-state index is 13.9. The number of aliphatic hydroxyl groups excluding tert-OH is 1. The van der Waals surface area contributed by atoms with Crippen molar-refractivity contribution in [1.29, 1.82) is 0 Å². The molecule has 0 spiro atoms. The van der Waals surface area contributed by atoms with Crippen LogP contribution in [0.15, 0.2) is 60.7 Å². The summed E-state index contributed by atoms with van der Waals surface area (Å²) in [5.41, 5.74) is 4.29. The van der Waals surface area contributed by atoms with Gasteiger partial charge in [0.25, 0.3) is 5.69 Å². The molecule has 0 bridgehead atoms. The van der Waals surface area contributed by atoms with Crippen molar-refractivity contribution in [3.63, 3.8) is 0 Å². The Hall–Kier alpha value is -3.75. The molecule has 2 aliphatic rings. The Bertz CT molecular complexity index is 1290. The zero-order valence-corrected chi connectivity index (χ0v) is 18.6. The van der Waals surface area contributed by atoms with Gasteiger partial charge in [-0.25, -0.2) is 4.39 Å². The summed E-state index contributed by atoms with van der Waals surface area (Å²) in [5.74, 6) is 0.0319. The van der Waals surface area contributed by atoms with Crippen LogP contribution in [0.5, 0.6) is 5.75 Å². The number of aliphatic hydroxyl groups is 1. The van der Waals surface area contributed by atoms with Gasteiger partial charge in [0.05, 0.1) is 17.1 Å². The Kier molecular flexibility index (Phi) is 5.77. The number of fused-ring (bicyclic) bond motifs is 2. The number of hydrogen-bond acceptors (Lipinski definition) is 6. The molecular weight excluding hydrogens is 437 g/mol. The summed E-state index contributed by atoms with van der Waals surface area (Å²) in [4.78, 5) is 13.4. The van der Waals surface area contributed by atoms with Crippen LogP contribution in [0, 0.1) is 15.9 Å². The zero-order chi connectivity index (χ0) is 23.8. The number of nitro groups is 1. The van der Waals surface area contributed by atoms with Crippen LogP contribution in [-0.2, 0) is 6.61 Å². The van der Waals surface area contributed by atoms with E-state index < -0.39 is 16.8 Å². The van der Waals surface area contributed by atoms with Crippen molar-refractivity contribution in [3.8, 4) is 5.75 Å². The number of ether oxygens (including phenoxy) is 1. The molecule has 2 N–H and O–H groups in total. The molecule has 5 rings (SSSR count). The minimum absolute atomic E-state index is 0.0754. The number of likely N-dealkylation sites (tertiary alicyclic amines) is 1. The molecule has 8 heteroatoms. The van der Waals surface area contributed by atoms with Gasteiger partial charge in [-0.15, -0.1) is 0 Å². The molecule has 1 saturated heterocycles. The SMILES string of the molecule is CN1C[C@H](Nc2ccc(C=C3c4ccccc4COc4cc(F)ccc43)cc2[N+](=O)[O-])[C@@H](O)C1. The van der Waals surface area contributed by atoms with Gasteiger partial charge >= 0.3 is 0 Å². The van der Waals surface area contributed by atoms with Crippen LogP contribution >= 0.6 is 0 Å². The Morgan fingerprint density at radius 3 is 2.74 bits per heavy atom. The number of rotatable bonds is 4. The Morgan fingerprint density at radius 1 is 1.15 bits per heavy atom. The summed E-state index contributed by atoms with van der Waals surface area (Å²) >= 11 is 0. The van der Waals surface area contributed by atoms with Crippen LogP contribution in [-0.4, -0.2) is 47.2 Å². The first-order valence-electron chi connectivity index (χ1n) is 11.0. The van der Waals surface area contributed by atoms with Crippen molar-refractivity contribution in [2.24, 2.45) is 0 Å². The third-order valence-electron chi connectivity index (χ3n) is 6.27. The molecule has 0 amide bonds. The fraction of sp³-hybridized carbons (Fsp3) is 0.231. The Morgan fingerprint density at radius 2 is 1.97 bits per heavy atom. The molecule has 0 saturated carbocycles. The number of anilines is 1. The predicted octanol–water partition coefficient (Wildman–Crippen LogP) is 4.30. The van der Waals surface area contributed by atoms with Gasteiger partial charge in [0.1, 0.15) is 23.9 Å². The zero-order valence-electron chi connectivity index (χ0n) is 18.6. The van der Waals surface area contributed by atoms with E-state index in [0.717, 1.165) is 16.7 Å². The van der Waals surface area contributed by atoms with Crippen LogP contribution < -0.4 is 10.1 Å². The van der Waals surface area contributed by atoms with E-state index in [9.17, 15) is 19.6 Å². The van der Waals surface area contributed by atoms with Crippen LogP contribution in [0.3, 0.4) is 0 Å². The largest absolute Gasteiger partial charge is 0.488 e. The van der Waals surface area contributed by atoms with Gasteiger partial charge in [-0.1, -0.05) is 30.3 Å². The first-order chi connectivity index (χ1) is 16.4. The van der Waals surface area contributed by atoms with Gasteiger partial charge in [-0.2, -0.15) is 0 Å². The van der Waals surface area contributed by atoms with Crippen molar-refractivity contribution in [2.45, 2.75) is 18.8 Å². The normalized spacial score (nSPS) is 20.9. The van der Waals surface area contributed by atoms with E-state index in [1.54, 1.807) is 18.2 Å². The second-order valence-corrected chi connectivity index (χ2v) is 8.72. The number of likely N-dealkylation sites (N-methyl/N-ethyl adjacent to an activating group) is 1. The predicted molar refractivity (Wildman–Crippen MR) is 128 cm³/mol. The minimum Gasteiger partial charge on any atom is -0.488 e. The topological polar surface area (TPSA) is 87.9 Å². The maximum Gasteiger partial charge on any atom is 0.292 e. The molecule has 2 heterocycles. The molecule has 0 radical (unpaired) electrons. The number of β-amino-alcohol motifs (C(OH)–C–C–N with tert-alkyl or cyclic N) is 1. The van der Waals surface area contributed by atoms with Crippen molar-refractivity contribution in [1.82, 2.24) is 4.90 Å². The highest BCUT2D eigenvalue weighted by Crippen LogP contribution is 2.39. The van der Waals surface area contributed by atoms with Crippen molar-refractivity contribution in [3.05, 3.63) is 98.8 Å². The fourth-order valence-electron chi connectivity index (χ4n) is 4.60. The Balaban J connectivity index is 1.58. The number of nitrogens with zero attached hydrogens (tertiary/aromatic N) is 2. The molecule has 0 aromatic heterocycles. The summed E-state index contributed by atoms with van der Waals surface area (Å²) in [7, 11) is 1.90. The fourth-order valence-corrected chi connectivity index (χ4v) is 4.60. The van der Waals surface area contributed by atoms with E-state index in [0.29, 0.717) is 42.3 Å². The van der Waals surface area contributed by atoms with Gasteiger partial charge in [0, 0.05) is 30.8 Å². The highest BCUT2D eigenvalue weighted by molar-refractivity contribution is 5.95. The quantitative estimate of drug-likeness (QED) is 0.445. The van der Waals surface area contributed by atoms with Crippen molar-refractivity contribution >= 4 is 23.0 Å². The molecule has 1 fully saturated rings. The first kappa shape index (κ1) is 22.1. The lowest BCUT2D eigenvalue weighted by atomic mass is 9.92. The number of hydrogen-bond donors (Lipinski definition) is 2. The second kappa shape index (κ2) is 8.89. The van der Waals surface area contributed by atoms with E-state index >= 15 is 0 Å². The summed E-state index contributed by atoms with van der Waals surface area (Å²) in [5, 5.41) is 25.3. The van der Waals surface area contributed by atoms with Gasteiger partial charge in [0.15, 0.2) is 0 Å². The lowest BCUT2D eigenvalue weighted by Gasteiger charge is -2.17. The van der Waals surface area contributed by atoms with Crippen LogP contribution in [0.2, 0.25) is 0 Å². The number of nitro benzene ring substituents is 1. The van der Waals surface area contributed by atoms with Gasteiger partial charge in [-0.3, -0.25) is 10.1 Å². The average Bonchev–Trinajstić information content (AvgIpc) is 3.05. The summed E-state index contributed by atoms with van der Waals surface area (Å²) < 4.78 is 19.8. The number of benzene rings is 3. The first-order valence-corrected chi connectivity index (χ1v) is 11.0. The van der Waals surface area contributed by atoms with Gasteiger partial charge in [-0.05, 0) is 53.6 Å². The third-order valence-corrected chi connectivity index (χ3v) is 6.27. The van der Waals surface area contributed by atoms with E-state index in [4.69, 9.17) is 4.74 Å². The molecule has 0 aliphatic carbocycles. The number of nitrogens with one attached hydrogen (secondary N) is 1. The smallest absolute Gasteiger partial charge is 0.292 e. The van der Waals surface area contributed by atoms with E-state index in [2.05, 4.69) is 5.32 Å². The molecule has 34 heavy (non-hydrogen) atoms. The lowest BCUT2D eigenvalue weighted by Crippen LogP contribution is -2.32. The molecule has 0 unspecified atom stereocenters. The molecule has 3 aromatic rings. The molecule has 174 valence electrons. The minimum atomic E-state index is -0.606. The average molecular weight is 461 g/mol. The van der Waals surface area contributed by atoms with E-state index in [1.807, 2.05) is 42.3 Å². The lowest BCUT2D eigenvalue weighted by molar-refractivity contribution is -0.384. The third kappa shape index (κ3) is 4.25. The standard InChI is InChI=1S/C26H24FN3O4/c1-29-13-23(25(31)14-29)28-22-9-6-16(11-24(22)30(32)33)10-21-19-5-3-2-4-17(19)15-34-26-12-18(27)7-8-20(21)26/h2-12,23,25,28,31H,13-15H2,1H3/t23-,25-/m0/s1.